The lowest BCUT2D eigenvalue weighted by Gasteiger charge is -2.11. The zero-order valence-electron chi connectivity index (χ0n) is 18.6. The lowest BCUT2D eigenvalue weighted by atomic mass is 10.2. The lowest BCUT2D eigenvalue weighted by molar-refractivity contribution is -0.118. The molecule has 1 N–H and O–H groups in total. The SMILES string of the molecule is CCOc1ccc(-n2c(SCC(=O)NN=C(C)c3ccco3)nnc2-c2ccc(Cl)cc2)cc1. The minimum absolute atomic E-state index is 0.102. The van der Waals surface area contributed by atoms with E-state index in [1.54, 1.807) is 37.5 Å². The van der Waals surface area contributed by atoms with Crippen LogP contribution in [-0.2, 0) is 4.79 Å². The maximum atomic E-state index is 12.4. The van der Waals surface area contributed by atoms with Crippen LogP contribution in [0.5, 0.6) is 5.75 Å². The van der Waals surface area contributed by atoms with Gasteiger partial charge in [-0.15, -0.1) is 10.2 Å². The van der Waals surface area contributed by atoms with Crippen LogP contribution < -0.4 is 10.2 Å². The Morgan fingerprint density at radius 1 is 1.15 bits per heavy atom. The molecule has 0 aliphatic heterocycles. The van der Waals surface area contributed by atoms with E-state index in [1.165, 1.54) is 11.8 Å². The minimum Gasteiger partial charge on any atom is -0.494 e. The van der Waals surface area contributed by atoms with Crippen molar-refractivity contribution in [2.45, 2.75) is 19.0 Å². The molecule has 174 valence electrons. The molecule has 0 saturated heterocycles. The Kier molecular flexibility index (Phi) is 7.66. The fourth-order valence-corrected chi connectivity index (χ4v) is 3.96. The van der Waals surface area contributed by atoms with Crippen LogP contribution in [0.2, 0.25) is 5.02 Å². The summed E-state index contributed by atoms with van der Waals surface area (Å²) in [5.41, 5.74) is 4.81. The number of carbonyl (C=O) groups excluding carboxylic acids is 1. The first-order chi connectivity index (χ1) is 16.5. The van der Waals surface area contributed by atoms with Gasteiger partial charge in [-0.1, -0.05) is 23.4 Å². The lowest BCUT2D eigenvalue weighted by Crippen LogP contribution is -2.21. The molecule has 2 aromatic heterocycles. The van der Waals surface area contributed by atoms with Crippen molar-refractivity contribution in [3.8, 4) is 22.8 Å². The molecule has 0 unspecified atom stereocenters. The molecule has 2 aromatic carbocycles. The molecule has 0 bridgehead atoms. The van der Waals surface area contributed by atoms with Gasteiger partial charge in [-0.2, -0.15) is 5.10 Å². The summed E-state index contributed by atoms with van der Waals surface area (Å²) in [7, 11) is 0. The summed E-state index contributed by atoms with van der Waals surface area (Å²) in [5.74, 6) is 1.83. The predicted molar refractivity (Wildman–Crippen MR) is 133 cm³/mol. The van der Waals surface area contributed by atoms with E-state index in [0.29, 0.717) is 34.1 Å². The van der Waals surface area contributed by atoms with E-state index >= 15 is 0 Å². The van der Waals surface area contributed by atoms with Gasteiger partial charge in [-0.3, -0.25) is 9.36 Å². The highest BCUT2D eigenvalue weighted by Crippen LogP contribution is 2.29. The number of ether oxygens (including phenoxy) is 1. The second-order valence-corrected chi connectivity index (χ2v) is 8.45. The number of halogens is 1. The van der Waals surface area contributed by atoms with Crippen LogP contribution in [0.15, 0.2) is 81.6 Å². The second-order valence-electron chi connectivity index (χ2n) is 7.07. The maximum absolute atomic E-state index is 12.4. The Hall–Kier alpha value is -3.56. The first-order valence-corrected chi connectivity index (χ1v) is 11.9. The van der Waals surface area contributed by atoms with Crippen LogP contribution in [0, 0.1) is 0 Å². The Morgan fingerprint density at radius 2 is 1.91 bits per heavy atom. The molecule has 0 radical (unpaired) electrons. The minimum atomic E-state index is -0.273. The smallest absolute Gasteiger partial charge is 0.250 e. The van der Waals surface area contributed by atoms with Crippen molar-refractivity contribution in [2.75, 3.05) is 12.4 Å². The van der Waals surface area contributed by atoms with Crippen molar-refractivity contribution in [3.05, 3.63) is 77.7 Å². The highest BCUT2D eigenvalue weighted by atomic mass is 35.5. The van der Waals surface area contributed by atoms with Crippen LogP contribution in [-0.4, -0.2) is 38.7 Å². The topological polar surface area (TPSA) is 94.5 Å². The van der Waals surface area contributed by atoms with Gasteiger partial charge < -0.3 is 9.15 Å². The zero-order valence-corrected chi connectivity index (χ0v) is 20.1. The molecule has 10 heteroatoms. The molecule has 0 atom stereocenters. The molecule has 8 nitrogen and oxygen atoms in total. The number of amides is 1. The average Bonchev–Trinajstić information content (AvgIpc) is 3.53. The van der Waals surface area contributed by atoms with Gasteiger partial charge in [0.25, 0.3) is 5.91 Å². The Labute approximate surface area is 206 Å². The molecule has 2 heterocycles. The van der Waals surface area contributed by atoms with Crippen LogP contribution in [0.4, 0.5) is 0 Å². The van der Waals surface area contributed by atoms with Gasteiger partial charge in [-0.25, -0.2) is 5.43 Å². The van der Waals surface area contributed by atoms with Crippen molar-refractivity contribution < 1.29 is 13.9 Å². The van der Waals surface area contributed by atoms with Crippen LogP contribution >= 0.6 is 23.4 Å². The van der Waals surface area contributed by atoms with Gasteiger partial charge >= 0.3 is 0 Å². The molecule has 0 aliphatic rings. The third-order valence-corrected chi connectivity index (χ3v) is 5.88. The van der Waals surface area contributed by atoms with Gasteiger partial charge in [-0.05, 0) is 74.5 Å². The van der Waals surface area contributed by atoms with E-state index < -0.39 is 0 Å². The van der Waals surface area contributed by atoms with E-state index in [1.807, 2.05) is 47.9 Å². The second kappa shape index (κ2) is 11.0. The summed E-state index contributed by atoms with van der Waals surface area (Å²) in [5, 5.41) is 14.0. The Morgan fingerprint density at radius 3 is 2.59 bits per heavy atom. The van der Waals surface area contributed by atoms with Crippen LogP contribution in [0.3, 0.4) is 0 Å². The van der Waals surface area contributed by atoms with E-state index in [-0.39, 0.29) is 11.7 Å². The number of nitrogens with one attached hydrogen (secondary N) is 1. The first kappa shape index (κ1) is 23.6. The number of hydrazone groups is 1. The molecule has 0 spiro atoms. The number of thioether (sulfide) groups is 1. The van der Waals surface area contributed by atoms with Crippen molar-refractivity contribution in [1.82, 2.24) is 20.2 Å². The molecule has 1 amide bonds. The van der Waals surface area contributed by atoms with E-state index in [0.717, 1.165) is 17.0 Å². The molecular formula is C24H22ClN5O3S. The summed E-state index contributed by atoms with van der Waals surface area (Å²) < 4.78 is 12.7. The van der Waals surface area contributed by atoms with Gasteiger partial charge in [0.2, 0.25) is 0 Å². The van der Waals surface area contributed by atoms with Crippen molar-refractivity contribution in [1.29, 1.82) is 0 Å². The normalized spacial score (nSPS) is 11.4. The number of hydrogen-bond acceptors (Lipinski definition) is 7. The predicted octanol–water partition coefficient (Wildman–Crippen LogP) is 5.21. The van der Waals surface area contributed by atoms with E-state index in [4.69, 9.17) is 20.8 Å². The van der Waals surface area contributed by atoms with E-state index in [9.17, 15) is 4.79 Å². The van der Waals surface area contributed by atoms with Crippen LogP contribution in [0.1, 0.15) is 19.6 Å². The number of benzene rings is 2. The molecule has 4 aromatic rings. The number of carbonyl (C=O) groups is 1. The highest BCUT2D eigenvalue weighted by molar-refractivity contribution is 7.99. The quantitative estimate of drug-likeness (QED) is 0.194. The summed E-state index contributed by atoms with van der Waals surface area (Å²) in [6.45, 7) is 4.28. The molecule has 4 rings (SSSR count). The average molecular weight is 496 g/mol. The Balaban J connectivity index is 1.56. The van der Waals surface area contributed by atoms with Gasteiger partial charge in [0.15, 0.2) is 11.0 Å². The molecule has 34 heavy (non-hydrogen) atoms. The fourth-order valence-electron chi connectivity index (χ4n) is 3.09. The third-order valence-electron chi connectivity index (χ3n) is 4.70. The van der Waals surface area contributed by atoms with Gasteiger partial charge in [0.05, 0.1) is 18.6 Å². The zero-order chi connectivity index (χ0) is 23.9. The highest BCUT2D eigenvalue weighted by Gasteiger charge is 2.17. The number of furan rings is 1. The summed E-state index contributed by atoms with van der Waals surface area (Å²) in [6.07, 6.45) is 1.55. The first-order valence-electron chi connectivity index (χ1n) is 10.5. The molecule has 0 aliphatic carbocycles. The fraction of sp³-hybridized carbons (Fsp3) is 0.167. The van der Waals surface area contributed by atoms with Gasteiger partial charge in [0.1, 0.15) is 17.2 Å². The summed E-state index contributed by atoms with van der Waals surface area (Å²) >= 11 is 7.32. The maximum Gasteiger partial charge on any atom is 0.250 e. The number of rotatable bonds is 9. The Bertz CT molecular complexity index is 1270. The number of aromatic nitrogens is 3. The number of hydrogen-bond donors (Lipinski definition) is 1. The standard InChI is InChI=1S/C24H22ClN5O3S/c1-3-32-20-12-10-19(11-13-20)30-23(17-6-8-18(25)9-7-17)28-29-24(30)34-15-22(31)27-26-16(2)21-5-4-14-33-21/h4-14H,3,15H2,1-2H3,(H,27,31). The largest absolute Gasteiger partial charge is 0.494 e. The summed E-state index contributed by atoms with van der Waals surface area (Å²) in [6, 6.07) is 18.5. The van der Waals surface area contributed by atoms with E-state index in [2.05, 4.69) is 20.7 Å². The third kappa shape index (κ3) is 5.67. The molecule has 0 fully saturated rings. The monoisotopic (exact) mass is 495 g/mol. The molecule has 0 saturated carbocycles. The van der Waals surface area contributed by atoms with Crippen LogP contribution in [0.25, 0.3) is 17.1 Å². The van der Waals surface area contributed by atoms with Crippen molar-refractivity contribution in [2.24, 2.45) is 5.10 Å². The van der Waals surface area contributed by atoms with Crippen molar-refractivity contribution in [3.63, 3.8) is 0 Å². The van der Waals surface area contributed by atoms with Crippen molar-refractivity contribution >= 4 is 35.0 Å². The molecular weight excluding hydrogens is 474 g/mol. The number of nitrogens with zero attached hydrogens (tertiary/aromatic N) is 4. The van der Waals surface area contributed by atoms with Gasteiger partial charge in [0, 0.05) is 16.3 Å². The summed E-state index contributed by atoms with van der Waals surface area (Å²) in [4.78, 5) is 12.4.